The third-order valence-corrected chi connectivity index (χ3v) is 2.40. The third kappa shape index (κ3) is 2.85. The average Bonchev–Trinajstić information content (AvgIpc) is 2.30. The number of amides is 1. The Balaban J connectivity index is 2.28. The van der Waals surface area contributed by atoms with E-state index in [2.05, 4.69) is 5.32 Å². The first kappa shape index (κ1) is 12.9. The van der Waals surface area contributed by atoms with Gasteiger partial charge in [-0.25, -0.2) is 13.2 Å². The molecular weight excluding hydrogens is 257 g/mol. The zero-order valence-electron chi connectivity index (χ0n) is 9.58. The van der Waals surface area contributed by atoms with Gasteiger partial charge in [-0.1, -0.05) is 0 Å². The first-order valence-corrected chi connectivity index (χ1v) is 5.29. The minimum Gasteiger partial charge on any atom is -0.399 e. The molecule has 0 aliphatic rings. The number of nitrogen functional groups attached to an aromatic ring is 1. The zero-order chi connectivity index (χ0) is 14.0. The summed E-state index contributed by atoms with van der Waals surface area (Å²) in [6.45, 7) is 0. The Morgan fingerprint density at radius 1 is 1.00 bits per heavy atom. The van der Waals surface area contributed by atoms with E-state index >= 15 is 0 Å². The van der Waals surface area contributed by atoms with Crippen molar-refractivity contribution < 1.29 is 18.0 Å². The number of carbonyl (C=O) groups excluding carboxylic acids is 1. The van der Waals surface area contributed by atoms with Gasteiger partial charge in [-0.2, -0.15) is 0 Å². The van der Waals surface area contributed by atoms with Crippen LogP contribution in [0.15, 0.2) is 36.4 Å². The smallest absolute Gasteiger partial charge is 0.261 e. The summed E-state index contributed by atoms with van der Waals surface area (Å²) in [6, 6.07) is 6.89. The lowest BCUT2D eigenvalue weighted by Crippen LogP contribution is -2.16. The maximum absolute atomic E-state index is 13.4. The molecular formula is C13H9F3N2O. The molecule has 98 valence electrons. The fourth-order valence-electron chi connectivity index (χ4n) is 1.52. The molecule has 0 aliphatic carbocycles. The van der Waals surface area contributed by atoms with E-state index in [1.54, 1.807) is 0 Å². The second-order valence-corrected chi connectivity index (χ2v) is 3.82. The molecule has 0 aromatic heterocycles. The summed E-state index contributed by atoms with van der Waals surface area (Å²) in [5, 5.41) is 2.29. The van der Waals surface area contributed by atoms with Crippen molar-refractivity contribution in [2.75, 3.05) is 11.1 Å². The molecule has 6 heteroatoms. The first-order chi connectivity index (χ1) is 8.97. The number of halogens is 3. The molecule has 0 aliphatic heterocycles. The number of hydrogen-bond donors (Lipinski definition) is 2. The molecule has 1 amide bonds. The minimum atomic E-state index is -1.26. The molecule has 0 fully saturated rings. The lowest BCUT2D eigenvalue weighted by Gasteiger charge is -2.07. The molecule has 0 unspecified atom stereocenters. The maximum atomic E-state index is 13.4. The summed E-state index contributed by atoms with van der Waals surface area (Å²) < 4.78 is 39.5. The van der Waals surface area contributed by atoms with Crippen molar-refractivity contribution in [2.24, 2.45) is 0 Å². The van der Waals surface area contributed by atoms with Crippen LogP contribution >= 0.6 is 0 Å². The van der Waals surface area contributed by atoms with E-state index in [1.807, 2.05) is 0 Å². The van der Waals surface area contributed by atoms with Crippen LogP contribution in [0.2, 0.25) is 0 Å². The van der Waals surface area contributed by atoms with Crippen molar-refractivity contribution in [2.45, 2.75) is 0 Å². The molecule has 2 aromatic carbocycles. The molecule has 19 heavy (non-hydrogen) atoms. The Hall–Kier alpha value is -2.50. The molecule has 3 nitrogen and oxygen atoms in total. The van der Waals surface area contributed by atoms with Crippen LogP contribution in [0.4, 0.5) is 24.5 Å². The third-order valence-electron chi connectivity index (χ3n) is 2.40. The van der Waals surface area contributed by atoms with Gasteiger partial charge in [0.05, 0.1) is 0 Å². The molecule has 0 bridgehead atoms. The SMILES string of the molecule is Nc1ccc(NC(=O)c2c(F)cc(F)cc2F)cc1. The van der Waals surface area contributed by atoms with Crippen LogP contribution in [0, 0.1) is 17.5 Å². The predicted molar refractivity (Wildman–Crippen MR) is 65.1 cm³/mol. The fraction of sp³-hybridized carbons (Fsp3) is 0. The summed E-state index contributed by atoms with van der Waals surface area (Å²) in [5.74, 6) is -4.60. The van der Waals surface area contributed by atoms with Gasteiger partial charge in [0, 0.05) is 23.5 Å². The minimum absolute atomic E-state index is 0.322. The van der Waals surface area contributed by atoms with Gasteiger partial charge in [-0.05, 0) is 24.3 Å². The Morgan fingerprint density at radius 3 is 2.05 bits per heavy atom. The van der Waals surface area contributed by atoms with Crippen LogP contribution in [0.1, 0.15) is 10.4 Å². The second-order valence-electron chi connectivity index (χ2n) is 3.82. The molecule has 0 spiro atoms. The molecule has 2 rings (SSSR count). The summed E-state index contributed by atoms with van der Waals surface area (Å²) in [5.41, 5.74) is 5.43. The van der Waals surface area contributed by atoms with Crippen molar-refractivity contribution >= 4 is 17.3 Å². The van der Waals surface area contributed by atoms with E-state index in [0.717, 1.165) is 0 Å². The Bertz CT molecular complexity index is 603. The van der Waals surface area contributed by atoms with Crippen LogP contribution in [0.3, 0.4) is 0 Å². The average molecular weight is 266 g/mol. The summed E-state index contributed by atoms with van der Waals surface area (Å²) in [4.78, 5) is 11.7. The number of nitrogens with one attached hydrogen (secondary N) is 1. The van der Waals surface area contributed by atoms with E-state index in [0.29, 0.717) is 23.5 Å². The highest BCUT2D eigenvalue weighted by molar-refractivity contribution is 6.04. The molecule has 0 atom stereocenters. The zero-order valence-corrected chi connectivity index (χ0v) is 9.58. The number of hydrogen-bond acceptors (Lipinski definition) is 2. The lowest BCUT2D eigenvalue weighted by molar-refractivity contribution is 0.101. The molecule has 0 radical (unpaired) electrons. The van der Waals surface area contributed by atoms with E-state index in [-0.39, 0.29) is 0 Å². The maximum Gasteiger partial charge on any atom is 0.261 e. The molecule has 2 aromatic rings. The summed E-state index contributed by atoms with van der Waals surface area (Å²) >= 11 is 0. The van der Waals surface area contributed by atoms with Crippen molar-refractivity contribution in [3.8, 4) is 0 Å². The lowest BCUT2D eigenvalue weighted by atomic mass is 10.1. The number of carbonyl (C=O) groups is 1. The van der Waals surface area contributed by atoms with Crippen molar-refractivity contribution in [3.63, 3.8) is 0 Å². The largest absolute Gasteiger partial charge is 0.399 e. The number of rotatable bonds is 2. The fourth-order valence-corrected chi connectivity index (χ4v) is 1.52. The topological polar surface area (TPSA) is 55.1 Å². The van der Waals surface area contributed by atoms with Gasteiger partial charge in [0.15, 0.2) is 0 Å². The van der Waals surface area contributed by atoms with Crippen LogP contribution in [-0.4, -0.2) is 5.91 Å². The molecule has 0 saturated heterocycles. The van der Waals surface area contributed by atoms with Crippen LogP contribution in [0.25, 0.3) is 0 Å². The van der Waals surface area contributed by atoms with Crippen molar-refractivity contribution in [1.82, 2.24) is 0 Å². The normalized spacial score (nSPS) is 10.3. The van der Waals surface area contributed by atoms with Crippen LogP contribution in [0.5, 0.6) is 0 Å². The molecule has 0 heterocycles. The highest BCUT2D eigenvalue weighted by Crippen LogP contribution is 2.17. The van der Waals surface area contributed by atoms with Crippen molar-refractivity contribution in [1.29, 1.82) is 0 Å². The Kier molecular flexibility index (Phi) is 3.41. The van der Waals surface area contributed by atoms with Gasteiger partial charge in [0.25, 0.3) is 5.91 Å². The standard InChI is InChI=1S/C13H9F3N2O/c14-7-5-10(15)12(11(16)6-7)13(19)18-9-3-1-8(17)2-4-9/h1-6H,17H2,(H,18,19). The number of nitrogens with two attached hydrogens (primary N) is 1. The van der Waals surface area contributed by atoms with Gasteiger partial charge in [0.1, 0.15) is 23.0 Å². The first-order valence-electron chi connectivity index (χ1n) is 5.29. The van der Waals surface area contributed by atoms with Crippen LogP contribution in [-0.2, 0) is 0 Å². The summed E-state index contributed by atoms with van der Waals surface area (Å²) in [7, 11) is 0. The Labute approximate surface area is 106 Å². The molecule has 3 N–H and O–H groups in total. The van der Waals surface area contributed by atoms with Crippen LogP contribution < -0.4 is 11.1 Å². The van der Waals surface area contributed by atoms with Gasteiger partial charge >= 0.3 is 0 Å². The quantitative estimate of drug-likeness (QED) is 0.821. The highest BCUT2D eigenvalue weighted by atomic mass is 19.1. The van der Waals surface area contributed by atoms with Gasteiger partial charge in [0.2, 0.25) is 0 Å². The van der Waals surface area contributed by atoms with Gasteiger partial charge in [-0.15, -0.1) is 0 Å². The molecule has 0 saturated carbocycles. The van der Waals surface area contributed by atoms with Gasteiger partial charge in [-0.3, -0.25) is 4.79 Å². The van der Waals surface area contributed by atoms with E-state index in [4.69, 9.17) is 5.73 Å². The predicted octanol–water partition coefficient (Wildman–Crippen LogP) is 2.94. The van der Waals surface area contributed by atoms with E-state index in [9.17, 15) is 18.0 Å². The Morgan fingerprint density at radius 2 is 1.53 bits per heavy atom. The highest BCUT2D eigenvalue weighted by Gasteiger charge is 2.19. The number of benzene rings is 2. The van der Waals surface area contributed by atoms with Crippen molar-refractivity contribution in [3.05, 3.63) is 59.4 Å². The second kappa shape index (κ2) is 5.01. The van der Waals surface area contributed by atoms with E-state index < -0.39 is 28.9 Å². The van der Waals surface area contributed by atoms with E-state index in [1.165, 1.54) is 24.3 Å². The van der Waals surface area contributed by atoms with Gasteiger partial charge < -0.3 is 11.1 Å². The monoisotopic (exact) mass is 266 g/mol. The summed E-state index contributed by atoms with van der Waals surface area (Å²) in [6.07, 6.45) is 0. The number of anilines is 2.